The van der Waals surface area contributed by atoms with E-state index in [2.05, 4.69) is 10.6 Å². The maximum absolute atomic E-state index is 13.9. The van der Waals surface area contributed by atoms with E-state index in [1.54, 1.807) is 13.8 Å². The molecule has 1 aliphatic heterocycles. The molecule has 9 heteroatoms. The summed E-state index contributed by atoms with van der Waals surface area (Å²) < 4.78 is 19.2. The smallest absolute Gasteiger partial charge is 0.319 e. The third-order valence-electron chi connectivity index (χ3n) is 4.05. The third-order valence-corrected chi connectivity index (χ3v) is 4.34. The molecule has 7 nitrogen and oxygen atoms in total. The highest BCUT2D eigenvalue weighted by atomic mass is 35.5. The molecule has 1 heterocycles. The molecule has 0 atom stereocenters. The van der Waals surface area contributed by atoms with Crippen LogP contribution in [0.5, 0.6) is 0 Å². The topological polar surface area (TPSA) is 90.9 Å². The van der Waals surface area contributed by atoms with Gasteiger partial charge in [0.2, 0.25) is 0 Å². The van der Waals surface area contributed by atoms with E-state index in [0.717, 1.165) is 0 Å². The number of nitrogens with one attached hydrogen (secondary N) is 2. The molecule has 0 unspecified atom stereocenters. The molecule has 3 N–H and O–H groups in total. The molecule has 0 aliphatic carbocycles. The molecule has 1 aliphatic rings. The molecule has 144 valence electrons. The first-order valence-electron chi connectivity index (χ1n) is 8.31. The Morgan fingerprint density at radius 3 is 2.62 bits per heavy atom. The van der Waals surface area contributed by atoms with Gasteiger partial charge in [0.15, 0.2) is 0 Å². The van der Waals surface area contributed by atoms with Crippen LogP contribution in [0.2, 0.25) is 5.02 Å². The SMILES string of the molecule is CC(C)(CCC(=O)O)NC(=O)Nc1cc(F)c(Cl)cc1N1CCOCC1. The van der Waals surface area contributed by atoms with Crippen LogP contribution < -0.4 is 15.5 Å². The van der Waals surface area contributed by atoms with Gasteiger partial charge in [-0.3, -0.25) is 4.79 Å². The number of hydrogen-bond donors (Lipinski definition) is 3. The molecule has 0 radical (unpaired) electrons. The molecule has 2 rings (SSSR count). The zero-order valence-electron chi connectivity index (χ0n) is 14.8. The number of anilines is 2. The minimum Gasteiger partial charge on any atom is -0.481 e. The van der Waals surface area contributed by atoms with Gasteiger partial charge in [-0.1, -0.05) is 11.6 Å². The Bertz CT molecular complexity index is 678. The number of morpholine rings is 1. The Morgan fingerprint density at radius 2 is 2.00 bits per heavy atom. The molecule has 0 saturated carbocycles. The quantitative estimate of drug-likeness (QED) is 0.697. The van der Waals surface area contributed by atoms with E-state index in [4.69, 9.17) is 21.4 Å². The number of aliphatic carboxylic acids is 1. The van der Waals surface area contributed by atoms with Gasteiger partial charge in [-0.15, -0.1) is 0 Å². The molecule has 1 saturated heterocycles. The van der Waals surface area contributed by atoms with Crippen molar-refractivity contribution in [2.45, 2.75) is 32.2 Å². The van der Waals surface area contributed by atoms with E-state index in [1.807, 2.05) is 4.90 Å². The number of amides is 2. The lowest BCUT2D eigenvalue weighted by Crippen LogP contribution is -2.46. The summed E-state index contributed by atoms with van der Waals surface area (Å²) in [5.41, 5.74) is 0.172. The van der Waals surface area contributed by atoms with Crippen molar-refractivity contribution in [2.24, 2.45) is 0 Å². The molecular weight excluding hydrogens is 365 g/mol. The summed E-state index contributed by atoms with van der Waals surface area (Å²) in [6.45, 7) is 5.71. The zero-order chi connectivity index (χ0) is 19.3. The number of carboxylic acids is 1. The molecule has 0 spiro atoms. The number of urea groups is 1. The fraction of sp³-hybridized carbons (Fsp3) is 0.529. The van der Waals surface area contributed by atoms with Gasteiger partial charge < -0.3 is 25.4 Å². The third kappa shape index (κ3) is 5.74. The van der Waals surface area contributed by atoms with Crippen LogP contribution >= 0.6 is 11.6 Å². The summed E-state index contributed by atoms with van der Waals surface area (Å²) in [6.07, 6.45) is 0.197. The summed E-state index contributed by atoms with van der Waals surface area (Å²) in [4.78, 5) is 25.0. The van der Waals surface area contributed by atoms with Crippen LogP contribution in [0.1, 0.15) is 26.7 Å². The number of carbonyl (C=O) groups is 2. The van der Waals surface area contributed by atoms with Crippen LogP contribution in [0.3, 0.4) is 0 Å². The van der Waals surface area contributed by atoms with E-state index < -0.39 is 23.4 Å². The Hall–Kier alpha value is -2.06. The second kappa shape index (κ2) is 8.55. The standard InChI is InChI=1S/C17H23ClFN3O4/c1-17(2,4-3-15(23)24)21-16(25)20-13-10-12(19)11(18)9-14(13)22-5-7-26-8-6-22/h9-10H,3-8H2,1-2H3,(H,23,24)(H2,20,21,25). The predicted molar refractivity (Wildman–Crippen MR) is 97.5 cm³/mol. The van der Waals surface area contributed by atoms with Gasteiger partial charge in [0, 0.05) is 31.1 Å². The van der Waals surface area contributed by atoms with Crippen molar-refractivity contribution in [3.8, 4) is 0 Å². The number of nitrogens with zero attached hydrogens (tertiary/aromatic N) is 1. The molecule has 26 heavy (non-hydrogen) atoms. The average molecular weight is 388 g/mol. The molecule has 0 aromatic heterocycles. The van der Waals surface area contributed by atoms with Gasteiger partial charge in [0.25, 0.3) is 0 Å². The highest BCUT2D eigenvalue weighted by Gasteiger charge is 2.23. The van der Waals surface area contributed by atoms with Gasteiger partial charge >= 0.3 is 12.0 Å². The van der Waals surface area contributed by atoms with E-state index in [9.17, 15) is 14.0 Å². The first-order chi connectivity index (χ1) is 12.2. The van der Waals surface area contributed by atoms with Crippen molar-refractivity contribution in [3.63, 3.8) is 0 Å². The van der Waals surface area contributed by atoms with Crippen molar-refractivity contribution in [1.82, 2.24) is 5.32 Å². The van der Waals surface area contributed by atoms with Gasteiger partial charge in [0.1, 0.15) is 5.82 Å². The van der Waals surface area contributed by atoms with Crippen molar-refractivity contribution >= 4 is 35.0 Å². The lowest BCUT2D eigenvalue weighted by atomic mass is 9.99. The molecular formula is C17H23ClFN3O4. The molecule has 1 aromatic rings. The van der Waals surface area contributed by atoms with Gasteiger partial charge in [-0.2, -0.15) is 0 Å². The lowest BCUT2D eigenvalue weighted by Gasteiger charge is -2.31. The molecule has 1 fully saturated rings. The second-order valence-electron chi connectivity index (χ2n) is 6.74. The summed E-state index contributed by atoms with van der Waals surface area (Å²) >= 11 is 5.90. The van der Waals surface area contributed by atoms with Crippen LogP contribution in [0.15, 0.2) is 12.1 Å². The normalized spacial score (nSPS) is 14.8. The Morgan fingerprint density at radius 1 is 1.35 bits per heavy atom. The highest BCUT2D eigenvalue weighted by molar-refractivity contribution is 6.31. The maximum atomic E-state index is 13.9. The fourth-order valence-electron chi connectivity index (χ4n) is 2.65. The molecule has 1 aromatic carbocycles. The van der Waals surface area contributed by atoms with Crippen LogP contribution in [-0.2, 0) is 9.53 Å². The first kappa shape index (κ1) is 20.3. The van der Waals surface area contributed by atoms with Crippen LogP contribution in [-0.4, -0.2) is 48.9 Å². The van der Waals surface area contributed by atoms with E-state index in [0.29, 0.717) is 37.7 Å². The average Bonchev–Trinajstić information content (AvgIpc) is 2.56. The number of benzene rings is 1. The van der Waals surface area contributed by atoms with Crippen molar-refractivity contribution in [3.05, 3.63) is 23.0 Å². The highest BCUT2D eigenvalue weighted by Crippen LogP contribution is 2.32. The van der Waals surface area contributed by atoms with Crippen LogP contribution in [0.4, 0.5) is 20.6 Å². The Labute approximate surface area is 156 Å². The van der Waals surface area contributed by atoms with Crippen molar-refractivity contribution in [2.75, 3.05) is 36.5 Å². The number of halogens is 2. The predicted octanol–water partition coefficient (Wildman–Crippen LogP) is 3.08. The Kier molecular flexibility index (Phi) is 6.66. The lowest BCUT2D eigenvalue weighted by molar-refractivity contribution is -0.137. The number of rotatable bonds is 6. The zero-order valence-corrected chi connectivity index (χ0v) is 15.5. The largest absolute Gasteiger partial charge is 0.481 e. The van der Waals surface area contributed by atoms with E-state index >= 15 is 0 Å². The van der Waals surface area contributed by atoms with Crippen LogP contribution in [0, 0.1) is 5.82 Å². The van der Waals surface area contributed by atoms with E-state index in [-0.39, 0.29) is 17.9 Å². The van der Waals surface area contributed by atoms with Crippen molar-refractivity contribution < 1.29 is 23.8 Å². The van der Waals surface area contributed by atoms with Crippen molar-refractivity contribution in [1.29, 1.82) is 0 Å². The molecule has 0 bridgehead atoms. The number of carbonyl (C=O) groups excluding carboxylic acids is 1. The monoisotopic (exact) mass is 387 g/mol. The van der Waals surface area contributed by atoms with Gasteiger partial charge in [-0.05, 0) is 26.3 Å². The minimum atomic E-state index is -0.936. The van der Waals surface area contributed by atoms with Crippen LogP contribution in [0.25, 0.3) is 0 Å². The minimum absolute atomic E-state index is 0.0285. The fourth-order valence-corrected chi connectivity index (χ4v) is 2.80. The maximum Gasteiger partial charge on any atom is 0.319 e. The number of carboxylic acid groups (broad SMARTS) is 1. The summed E-state index contributed by atoms with van der Waals surface area (Å²) in [5, 5.41) is 14.1. The first-order valence-corrected chi connectivity index (χ1v) is 8.68. The van der Waals surface area contributed by atoms with Gasteiger partial charge in [-0.25, -0.2) is 9.18 Å². The number of hydrogen-bond acceptors (Lipinski definition) is 4. The Balaban J connectivity index is 2.13. The van der Waals surface area contributed by atoms with E-state index in [1.165, 1.54) is 12.1 Å². The number of ether oxygens (including phenoxy) is 1. The molecule has 2 amide bonds. The second-order valence-corrected chi connectivity index (χ2v) is 7.15. The summed E-state index contributed by atoms with van der Waals surface area (Å²) in [6, 6.07) is 2.11. The summed E-state index contributed by atoms with van der Waals surface area (Å²) in [5.74, 6) is -1.57. The summed E-state index contributed by atoms with van der Waals surface area (Å²) in [7, 11) is 0. The van der Waals surface area contributed by atoms with Gasteiger partial charge in [0.05, 0.1) is 29.6 Å².